The molecule has 0 unspecified atom stereocenters. The first-order valence-electron chi connectivity index (χ1n) is 6.14. The predicted molar refractivity (Wildman–Crippen MR) is 67.1 cm³/mol. The van der Waals surface area contributed by atoms with Crippen LogP contribution >= 0.6 is 0 Å². The number of hydrogen-bond donors (Lipinski definition) is 1. The summed E-state index contributed by atoms with van der Waals surface area (Å²) in [5, 5.41) is 19.0. The van der Waals surface area contributed by atoms with Crippen LogP contribution in [0.25, 0.3) is 0 Å². The molecule has 0 saturated carbocycles. The van der Waals surface area contributed by atoms with Crippen LogP contribution in [0.3, 0.4) is 0 Å². The van der Waals surface area contributed by atoms with Gasteiger partial charge in [0.2, 0.25) is 5.95 Å². The van der Waals surface area contributed by atoms with Crippen molar-refractivity contribution in [1.29, 1.82) is 0 Å². The number of rotatable bonds is 6. The van der Waals surface area contributed by atoms with Crippen LogP contribution in [0, 0.1) is 0 Å². The second kappa shape index (κ2) is 6.04. The highest BCUT2D eigenvalue weighted by Gasteiger charge is 2.05. The molecule has 1 N–H and O–H groups in total. The average molecular weight is 247 g/mol. The lowest BCUT2D eigenvalue weighted by Crippen LogP contribution is -2.15. The molecule has 7 nitrogen and oxygen atoms in total. The minimum Gasteiger partial charge on any atom is -0.351 e. The van der Waals surface area contributed by atoms with E-state index in [0.29, 0.717) is 12.5 Å². The number of aryl methyl sites for hydroxylation is 2. The smallest absolute Gasteiger partial charge is 0.243 e. The first-order chi connectivity index (χ1) is 8.83. The van der Waals surface area contributed by atoms with Gasteiger partial charge < -0.3 is 5.32 Å². The highest BCUT2D eigenvalue weighted by Crippen LogP contribution is 2.06. The fourth-order valence-corrected chi connectivity index (χ4v) is 1.65. The molecule has 0 aromatic carbocycles. The molecular weight excluding hydrogens is 230 g/mol. The van der Waals surface area contributed by atoms with E-state index in [0.717, 1.165) is 30.8 Å². The molecule has 2 aromatic rings. The summed E-state index contributed by atoms with van der Waals surface area (Å²) < 4.78 is 1.75. The molecule has 0 amide bonds. The molecular formula is C11H17N7. The van der Waals surface area contributed by atoms with Crippen LogP contribution in [-0.4, -0.2) is 36.7 Å². The van der Waals surface area contributed by atoms with Gasteiger partial charge in [0.05, 0.1) is 24.1 Å². The lowest BCUT2D eigenvalue weighted by molar-refractivity contribution is 0.606. The predicted octanol–water partition coefficient (Wildman–Crippen LogP) is 0.700. The number of anilines is 1. The fourth-order valence-electron chi connectivity index (χ4n) is 1.65. The first-order valence-corrected chi connectivity index (χ1v) is 6.14. The van der Waals surface area contributed by atoms with Crippen LogP contribution in [0.4, 0.5) is 5.95 Å². The standard InChI is InChI=1S/C11H17N7/c1-3-9-10(4-2)15-16-11(14-9)12-5-7-18-8-6-13-17-18/h6,8H,3-5,7H2,1-2H3,(H,12,14,16). The Bertz CT molecular complexity index is 480. The fraction of sp³-hybridized carbons (Fsp3) is 0.545. The van der Waals surface area contributed by atoms with E-state index in [2.05, 4.69) is 44.7 Å². The molecule has 0 spiro atoms. The van der Waals surface area contributed by atoms with Crippen LogP contribution in [-0.2, 0) is 19.4 Å². The van der Waals surface area contributed by atoms with E-state index >= 15 is 0 Å². The van der Waals surface area contributed by atoms with Crippen molar-refractivity contribution >= 4 is 5.95 Å². The van der Waals surface area contributed by atoms with Crippen LogP contribution in [0.1, 0.15) is 25.2 Å². The Hall–Kier alpha value is -2.05. The van der Waals surface area contributed by atoms with E-state index < -0.39 is 0 Å². The van der Waals surface area contributed by atoms with Gasteiger partial charge in [0.15, 0.2) is 0 Å². The van der Waals surface area contributed by atoms with Gasteiger partial charge in [0.25, 0.3) is 0 Å². The summed E-state index contributed by atoms with van der Waals surface area (Å²) in [6.07, 6.45) is 5.21. The van der Waals surface area contributed by atoms with E-state index in [1.54, 1.807) is 10.9 Å². The van der Waals surface area contributed by atoms with Crippen molar-refractivity contribution in [3.63, 3.8) is 0 Å². The summed E-state index contributed by atoms with van der Waals surface area (Å²) in [5.74, 6) is 0.573. The topological polar surface area (TPSA) is 81.4 Å². The van der Waals surface area contributed by atoms with E-state index in [9.17, 15) is 0 Å². The molecule has 96 valence electrons. The highest BCUT2D eigenvalue weighted by molar-refractivity contribution is 5.25. The Kier molecular flexibility index (Phi) is 4.16. The van der Waals surface area contributed by atoms with E-state index in [1.807, 2.05) is 6.20 Å². The molecule has 2 heterocycles. The second-order valence-corrected chi connectivity index (χ2v) is 3.83. The first kappa shape index (κ1) is 12.4. The van der Waals surface area contributed by atoms with Gasteiger partial charge in [-0.1, -0.05) is 19.1 Å². The molecule has 0 aliphatic heterocycles. The average Bonchev–Trinajstić information content (AvgIpc) is 2.91. The van der Waals surface area contributed by atoms with E-state index in [1.165, 1.54) is 0 Å². The van der Waals surface area contributed by atoms with Crippen LogP contribution in [0.2, 0.25) is 0 Å². The number of hydrogen-bond acceptors (Lipinski definition) is 6. The van der Waals surface area contributed by atoms with Crippen molar-refractivity contribution in [3.8, 4) is 0 Å². The van der Waals surface area contributed by atoms with Crippen molar-refractivity contribution in [2.45, 2.75) is 33.2 Å². The highest BCUT2D eigenvalue weighted by atomic mass is 15.4. The minimum atomic E-state index is 0.573. The van der Waals surface area contributed by atoms with Crippen molar-refractivity contribution in [2.24, 2.45) is 0 Å². The molecule has 2 rings (SSSR count). The molecule has 18 heavy (non-hydrogen) atoms. The van der Waals surface area contributed by atoms with Gasteiger partial charge in [-0.05, 0) is 12.8 Å². The number of nitrogens with one attached hydrogen (secondary N) is 1. The Morgan fingerprint density at radius 2 is 2.00 bits per heavy atom. The Balaban J connectivity index is 1.93. The third-order valence-corrected chi connectivity index (χ3v) is 2.61. The summed E-state index contributed by atoms with van der Waals surface area (Å²) in [6.45, 7) is 5.55. The zero-order valence-electron chi connectivity index (χ0n) is 10.7. The Morgan fingerprint density at radius 3 is 2.67 bits per heavy atom. The molecule has 0 saturated heterocycles. The lowest BCUT2D eigenvalue weighted by atomic mass is 10.2. The number of aromatic nitrogens is 6. The molecule has 0 fully saturated rings. The van der Waals surface area contributed by atoms with Gasteiger partial charge in [-0.2, -0.15) is 5.10 Å². The van der Waals surface area contributed by atoms with Gasteiger partial charge in [-0.3, -0.25) is 4.68 Å². The third-order valence-electron chi connectivity index (χ3n) is 2.61. The monoisotopic (exact) mass is 247 g/mol. The number of nitrogens with zero attached hydrogens (tertiary/aromatic N) is 6. The molecule has 0 radical (unpaired) electrons. The van der Waals surface area contributed by atoms with Gasteiger partial charge in [-0.25, -0.2) is 4.98 Å². The van der Waals surface area contributed by atoms with Crippen molar-refractivity contribution < 1.29 is 0 Å². The van der Waals surface area contributed by atoms with E-state index in [4.69, 9.17) is 0 Å². The van der Waals surface area contributed by atoms with Gasteiger partial charge in [0.1, 0.15) is 0 Å². The maximum atomic E-state index is 4.45. The van der Waals surface area contributed by atoms with Gasteiger partial charge in [-0.15, -0.1) is 10.2 Å². The van der Waals surface area contributed by atoms with Crippen molar-refractivity contribution in [1.82, 2.24) is 30.2 Å². The molecule has 0 bridgehead atoms. The molecule has 0 aliphatic carbocycles. The third kappa shape index (κ3) is 2.99. The maximum Gasteiger partial charge on any atom is 0.243 e. The Labute approximate surface area is 106 Å². The molecule has 0 atom stereocenters. The summed E-state index contributed by atoms with van der Waals surface area (Å²) >= 11 is 0. The van der Waals surface area contributed by atoms with Crippen LogP contribution in [0.5, 0.6) is 0 Å². The quantitative estimate of drug-likeness (QED) is 0.809. The van der Waals surface area contributed by atoms with E-state index in [-0.39, 0.29) is 0 Å². The molecule has 0 aliphatic rings. The molecule has 2 aromatic heterocycles. The van der Waals surface area contributed by atoms with Crippen molar-refractivity contribution in [2.75, 3.05) is 11.9 Å². The summed E-state index contributed by atoms with van der Waals surface area (Å²) in [7, 11) is 0. The SMILES string of the molecule is CCc1nnc(NCCn2ccnn2)nc1CC. The maximum absolute atomic E-state index is 4.45. The second-order valence-electron chi connectivity index (χ2n) is 3.83. The lowest BCUT2D eigenvalue weighted by Gasteiger charge is -2.07. The van der Waals surface area contributed by atoms with Crippen LogP contribution < -0.4 is 5.32 Å². The zero-order valence-corrected chi connectivity index (χ0v) is 10.7. The largest absolute Gasteiger partial charge is 0.351 e. The van der Waals surface area contributed by atoms with Crippen LogP contribution in [0.15, 0.2) is 12.4 Å². The normalized spacial score (nSPS) is 10.6. The summed E-state index contributed by atoms with van der Waals surface area (Å²) in [4.78, 5) is 4.45. The zero-order chi connectivity index (χ0) is 12.8. The summed E-state index contributed by atoms with van der Waals surface area (Å²) in [5.41, 5.74) is 1.98. The molecule has 7 heteroatoms. The Morgan fingerprint density at radius 1 is 1.17 bits per heavy atom. The summed E-state index contributed by atoms with van der Waals surface area (Å²) in [6, 6.07) is 0. The minimum absolute atomic E-state index is 0.573. The van der Waals surface area contributed by atoms with Gasteiger partial charge in [0, 0.05) is 12.7 Å². The van der Waals surface area contributed by atoms with Gasteiger partial charge >= 0.3 is 0 Å². The van der Waals surface area contributed by atoms with Crippen molar-refractivity contribution in [3.05, 3.63) is 23.8 Å².